The zero-order valence-corrected chi connectivity index (χ0v) is 8.81. The summed E-state index contributed by atoms with van der Waals surface area (Å²) in [6, 6.07) is -0.241. The summed E-state index contributed by atoms with van der Waals surface area (Å²) in [7, 11) is 2.90. The molecule has 0 aromatic rings. The van der Waals surface area contributed by atoms with Crippen LogP contribution in [0, 0.1) is 5.92 Å². The van der Waals surface area contributed by atoms with Crippen LogP contribution in [0.4, 0.5) is 4.79 Å². The second-order valence-electron chi connectivity index (χ2n) is 3.67. The predicted molar refractivity (Wildman–Crippen MR) is 48.7 cm³/mol. The maximum Gasteiger partial charge on any atom is 0.410 e. The molecule has 0 saturated carbocycles. The van der Waals surface area contributed by atoms with E-state index in [1.807, 2.05) is 13.8 Å². The van der Waals surface area contributed by atoms with E-state index in [-0.39, 0.29) is 12.0 Å². The van der Waals surface area contributed by atoms with Gasteiger partial charge in [-0.15, -0.1) is 0 Å². The van der Waals surface area contributed by atoms with Crippen LogP contribution in [0.2, 0.25) is 0 Å². The zero-order valence-electron chi connectivity index (χ0n) is 8.81. The minimum atomic E-state index is -0.794. The summed E-state index contributed by atoms with van der Waals surface area (Å²) < 4.78 is 9.48. The van der Waals surface area contributed by atoms with Crippen molar-refractivity contribution in [3.63, 3.8) is 0 Å². The molecule has 1 fully saturated rings. The average molecular weight is 201 g/mol. The molecule has 5 heteroatoms. The number of amides is 1. The minimum Gasteiger partial charge on any atom is -0.466 e. The molecule has 0 unspecified atom stereocenters. The number of rotatable bonds is 2. The lowest BCUT2D eigenvalue weighted by Gasteiger charge is -2.23. The lowest BCUT2D eigenvalue weighted by atomic mass is 9.98. The molecule has 0 spiro atoms. The molecule has 1 rings (SSSR count). The Morgan fingerprint density at radius 1 is 1.57 bits per heavy atom. The van der Waals surface area contributed by atoms with E-state index in [1.165, 1.54) is 12.0 Å². The van der Waals surface area contributed by atoms with Gasteiger partial charge >= 0.3 is 12.1 Å². The topological polar surface area (TPSA) is 55.8 Å². The predicted octanol–water partition coefficient (Wildman–Crippen LogP) is 0.635. The monoisotopic (exact) mass is 201 g/mol. The number of carbonyl (C=O) groups excluding carboxylic acids is 2. The largest absolute Gasteiger partial charge is 0.466 e. The van der Waals surface area contributed by atoms with Crippen molar-refractivity contribution in [2.24, 2.45) is 5.92 Å². The fourth-order valence-electron chi connectivity index (χ4n) is 1.69. The molecule has 1 heterocycles. The van der Waals surface area contributed by atoms with Crippen molar-refractivity contribution in [2.75, 3.05) is 14.2 Å². The molecule has 1 aliphatic heterocycles. The lowest BCUT2D eigenvalue weighted by Crippen LogP contribution is -2.42. The van der Waals surface area contributed by atoms with Gasteiger partial charge in [-0.3, -0.25) is 0 Å². The highest BCUT2D eigenvalue weighted by atomic mass is 16.6. The van der Waals surface area contributed by atoms with Gasteiger partial charge in [-0.1, -0.05) is 13.8 Å². The summed E-state index contributed by atoms with van der Waals surface area (Å²) in [5.74, 6) is -0.350. The van der Waals surface area contributed by atoms with Gasteiger partial charge in [0.25, 0.3) is 0 Å². The molecule has 0 aliphatic carbocycles. The van der Waals surface area contributed by atoms with E-state index in [0.717, 1.165) is 0 Å². The van der Waals surface area contributed by atoms with Crippen LogP contribution in [-0.2, 0) is 14.3 Å². The van der Waals surface area contributed by atoms with Crippen LogP contribution in [0.5, 0.6) is 0 Å². The first-order valence-corrected chi connectivity index (χ1v) is 4.50. The quantitative estimate of drug-likeness (QED) is 0.615. The third kappa shape index (κ3) is 1.66. The number of methoxy groups -OCH3 is 1. The van der Waals surface area contributed by atoms with E-state index in [1.54, 1.807) is 7.05 Å². The van der Waals surface area contributed by atoms with Crippen molar-refractivity contribution in [3.05, 3.63) is 0 Å². The van der Waals surface area contributed by atoms with E-state index in [9.17, 15) is 9.59 Å². The first kappa shape index (κ1) is 10.8. The van der Waals surface area contributed by atoms with E-state index in [2.05, 4.69) is 4.74 Å². The molecular formula is C9H15NO4. The molecule has 1 amide bonds. The van der Waals surface area contributed by atoms with Gasteiger partial charge < -0.3 is 14.4 Å². The van der Waals surface area contributed by atoms with Gasteiger partial charge in [-0.05, 0) is 5.92 Å². The van der Waals surface area contributed by atoms with Crippen LogP contribution in [0.3, 0.4) is 0 Å². The molecule has 0 radical (unpaired) electrons. The Kier molecular flexibility index (Phi) is 2.98. The summed E-state index contributed by atoms with van der Waals surface area (Å²) in [4.78, 5) is 23.9. The van der Waals surface area contributed by atoms with Crippen LogP contribution < -0.4 is 0 Å². The maximum absolute atomic E-state index is 11.3. The summed E-state index contributed by atoms with van der Waals surface area (Å²) >= 11 is 0. The Labute approximate surface area is 83.0 Å². The van der Waals surface area contributed by atoms with Gasteiger partial charge in [0.2, 0.25) is 6.10 Å². The summed E-state index contributed by atoms with van der Waals surface area (Å²) in [6.07, 6.45) is -1.27. The van der Waals surface area contributed by atoms with E-state index < -0.39 is 18.2 Å². The number of ether oxygens (including phenoxy) is 2. The molecule has 1 aliphatic rings. The van der Waals surface area contributed by atoms with Crippen LogP contribution in [0.15, 0.2) is 0 Å². The molecule has 2 atom stereocenters. The molecule has 0 bridgehead atoms. The highest BCUT2D eigenvalue weighted by molar-refractivity contribution is 5.83. The normalized spacial score (nSPS) is 26.6. The maximum atomic E-state index is 11.3. The van der Waals surface area contributed by atoms with Crippen LogP contribution in [-0.4, -0.2) is 43.3 Å². The Morgan fingerprint density at radius 3 is 2.57 bits per heavy atom. The number of likely N-dealkylation sites (N-methyl/N-ethyl adjacent to an activating group) is 1. The first-order valence-electron chi connectivity index (χ1n) is 4.50. The third-order valence-electron chi connectivity index (χ3n) is 2.39. The van der Waals surface area contributed by atoms with Crippen molar-refractivity contribution in [3.8, 4) is 0 Å². The molecular weight excluding hydrogens is 186 g/mol. The van der Waals surface area contributed by atoms with Crippen LogP contribution in [0.1, 0.15) is 13.8 Å². The smallest absolute Gasteiger partial charge is 0.410 e. The Morgan fingerprint density at radius 2 is 2.14 bits per heavy atom. The van der Waals surface area contributed by atoms with Gasteiger partial charge in [-0.2, -0.15) is 0 Å². The van der Waals surface area contributed by atoms with Crippen molar-refractivity contribution >= 4 is 12.1 Å². The fraction of sp³-hybridized carbons (Fsp3) is 0.778. The SMILES string of the molecule is COC(=O)[C@@H]1OC(=O)N(C)[C@H]1C(C)C. The fourth-order valence-corrected chi connectivity index (χ4v) is 1.69. The zero-order chi connectivity index (χ0) is 10.9. The van der Waals surface area contributed by atoms with Gasteiger partial charge in [0.1, 0.15) is 0 Å². The molecule has 80 valence electrons. The van der Waals surface area contributed by atoms with Crippen LogP contribution in [0.25, 0.3) is 0 Å². The van der Waals surface area contributed by atoms with Crippen molar-refractivity contribution in [1.29, 1.82) is 0 Å². The summed E-state index contributed by atoms with van der Waals surface area (Å²) in [6.45, 7) is 3.86. The number of cyclic esters (lactones) is 1. The molecule has 1 saturated heterocycles. The summed E-state index contributed by atoms with van der Waals surface area (Å²) in [5, 5.41) is 0. The molecule has 0 N–H and O–H groups in total. The van der Waals surface area contributed by atoms with E-state index in [0.29, 0.717) is 0 Å². The second-order valence-corrected chi connectivity index (χ2v) is 3.67. The standard InChI is InChI=1S/C9H15NO4/c1-5(2)6-7(8(11)13-4)14-9(12)10(6)3/h5-7H,1-4H3/t6-,7+/m0/s1. The number of nitrogens with zero attached hydrogens (tertiary/aromatic N) is 1. The summed E-state index contributed by atoms with van der Waals surface area (Å²) in [5.41, 5.74) is 0. The minimum absolute atomic E-state index is 0.149. The Hall–Kier alpha value is -1.26. The van der Waals surface area contributed by atoms with Gasteiger partial charge in [0, 0.05) is 7.05 Å². The molecule has 0 aromatic heterocycles. The van der Waals surface area contributed by atoms with E-state index >= 15 is 0 Å². The number of esters is 1. The Balaban J connectivity index is 2.85. The molecule has 5 nitrogen and oxygen atoms in total. The van der Waals surface area contributed by atoms with Crippen molar-refractivity contribution in [2.45, 2.75) is 26.0 Å². The average Bonchev–Trinajstić information content (AvgIpc) is 2.42. The first-order chi connectivity index (χ1) is 6.49. The highest BCUT2D eigenvalue weighted by Gasteiger charge is 2.46. The van der Waals surface area contributed by atoms with Crippen molar-refractivity contribution in [1.82, 2.24) is 4.90 Å². The van der Waals surface area contributed by atoms with Crippen LogP contribution >= 0.6 is 0 Å². The van der Waals surface area contributed by atoms with Gasteiger partial charge in [0.05, 0.1) is 13.2 Å². The molecule has 0 aromatic carbocycles. The Bertz CT molecular complexity index is 251. The third-order valence-corrected chi connectivity index (χ3v) is 2.39. The molecule has 14 heavy (non-hydrogen) atoms. The number of carbonyl (C=O) groups is 2. The van der Waals surface area contributed by atoms with E-state index in [4.69, 9.17) is 4.74 Å². The number of hydrogen-bond acceptors (Lipinski definition) is 4. The number of hydrogen-bond donors (Lipinski definition) is 0. The highest BCUT2D eigenvalue weighted by Crippen LogP contribution is 2.24. The van der Waals surface area contributed by atoms with Crippen molar-refractivity contribution < 1.29 is 19.1 Å². The second kappa shape index (κ2) is 3.86. The lowest BCUT2D eigenvalue weighted by molar-refractivity contribution is -0.150. The van der Waals surface area contributed by atoms with Gasteiger partial charge in [0.15, 0.2) is 0 Å². The van der Waals surface area contributed by atoms with Gasteiger partial charge in [-0.25, -0.2) is 9.59 Å².